The van der Waals surface area contributed by atoms with Crippen LogP contribution in [0.25, 0.3) is 11.0 Å². The van der Waals surface area contributed by atoms with Gasteiger partial charge in [-0.05, 0) is 69.9 Å². The van der Waals surface area contributed by atoms with E-state index >= 15 is 0 Å². The third-order valence-electron chi connectivity index (χ3n) is 5.63. The zero-order valence-corrected chi connectivity index (χ0v) is 19.8. The first kappa shape index (κ1) is 22.3. The van der Waals surface area contributed by atoms with Crippen molar-refractivity contribution in [1.82, 2.24) is 9.80 Å². The molecule has 0 bridgehead atoms. The standard InChI is InChI=1S/C25H25BrN2O4/c1-15-5-10-19-17(13-15)14-20(32-19)23(29)21-22(16-6-8-18(26)9-7-16)28(25(31)24(21)30)12-4-11-27(2)3/h5-10,13-14,22,30H,4,11-12H2,1-3H3. The van der Waals surface area contributed by atoms with E-state index in [-0.39, 0.29) is 11.3 Å². The molecule has 1 N–H and O–H groups in total. The van der Waals surface area contributed by atoms with Gasteiger partial charge in [-0.25, -0.2) is 0 Å². The van der Waals surface area contributed by atoms with Crippen molar-refractivity contribution in [3.8, 4) is 0 Å². The van der Waals surface area contributed by atoms with E-state index in [0.717, 1.165) is 27.5 Å². The lowest BCUT2D eigenvalue weighted by Gasteiger charge is -2.27. The molecular weight excluding hydrogens is 472 g/mol. The number of benzene rings is 2. The number of rotatable bonds is 7. The largest absolute Gasteiger partial charge is 0.503 e. The maximum atomic E-state index is 13.5. The predicted octanol–water partition coefficient (Wildman–Crippen LogP) is 5.03. The smallest absolute Gasteiger partial charge is 0.290 e. The summed E-state index contributed by atoms with van der Waals surface area (Å²) < 4.78 is 6.68. The van der Waals surface area contributed by atoms with E-state index in [2.05, 4.69) is 15.9 Å². The molecular formula is C25H25BrN2O4. The van der Waals surface area contributed by atoms with Gasteiger partial charge >= 0.3 is 0 Å². The van der Waals surface area contributed by atoms with E-state index in [1.54, 1.807) is 11.0 Å². The molecule has 7 heteroatoms. The minimum Gasteiger partial charge on any atom is -0.503 e. The van der Waals surface area contributed by atoms with Crippen molar-refractivity contribution in [3.63, 3.8) is 0 Å². The molecule has 0 spiro atoms. The number of aliphatic hydroxyl groups excluding tert-OH is 1. The number of nitrogens with zero attached hydrogens (tertiary/aromatic N) is 2. The van der Waals surface area contributed by atoms with Crippen LogP contribution < -0.4 is 0 Å². The number of fused-ring (bicyclic) bond motifs is 1. The van der Waals surface area contributed by atoms with Crippen molar-refractivity contribution >= 4 is 38.6 Å². The lowest BCUT2D eigenvalue weighted by atomic mass is 9.95. The summed E-state index contributed by atoms with van der Waals surface area (Å²) in [5, 5.41) is 11.6. The third-order valence-corrected chi connectivity index (χ3v) is 6.16. The number of carbonyl (C=O) groups excluding carboxylic acids is 2. The fourth-order valence-corrected chi connectivity index (χ4v) is 4.34. The molecule has 2 heterocycles. The Morgan fingerprint density at radius 2 is 1.88 bits per heavy atom. The molecule has 0 saturated heterocycles. The van der Waals surface area contributed by atoms with E-state index in [1.807, 2.05) is 68.4 Å². The van der Waals surface area contributed by atoms with Gasteiger partial charge < -0.3 is 19.3 Å². The van der Waals surface area contributed by atoms with E-state index in [0.29, 0.717) is 18.5 Å². The summed E-state index contributed by atoms with van der Waals surface area (Å²) in [6.45, 7) is 3.16. The molecule has 3 aromatic rings. The van der Waals surface area contributed by atoms with Crippen LogP contribution >= 0.6 is 15.9 Å². The Morgan fingerprint density at radius 3 is 2.56 bits per heavy atom. The molecule has 1 unspecified atom stereocenters. The lowest BCUT2D eigenvalue weighted by molar-refractivity contribution is -0.129. The molecule has 0 radical (unpaired) electrons. The van der Waals surface area contributed by atoms with Gasteiger partial charge in [0.2, 0.25) is 5.78 Å². The number of carbonyl (C=O) groups is 2. The SMILES string of the molecule is Cc1ccc2oc(C(=O)C3=C(O)C(=O)N(CCCN(C)C)C3c3ccc(Br)cc3)cc2c1. The van der Waals surface area contributed by atoms with Crippen molar-refractivity contribution < 1.29 is 19.1 Å². The quantitative estimate of drug-likeness (QED) is 0.464. The maximum absolute atomic E-state index is 13.5. The molecule has 2 aromatic carbocycles. The topological polar surface area (TPSA) is 74.0 Å². The average molecular weight is 497 g/mol. The number of Topliss-reactive ketones (excluding diaryl/α,β-unsaturated/α-hetero) is 1. The summed E-state index contributed by atoms with van der Waals surface area (Å²) in [7, 11) is 3.93. The first-order valence-corrected chi connectivity index (χ1v) is 11.2. The second kappa shape index (κ2) is 8.92. The fourth-order valence-electron chi connectivity index (χ4n) is 4.07. The summed E-state index contributed by atoms with van der Waals surface area (Å²) >= 11 is 3.43. The number of ketones is 1. The van der Waals surface area contributed by atoms with Gasteiger partial charge in [-0.3, -0.25) is 9.59 Å². The third kappa shape index (κ3) is 4.23. The number of aliphatic hydroxyl groups is 1. The van der Waals surface area contributed by atoms with E-state index < -0.39 is 23.5 Å². The van der Waals surface area contributed by atoms with Crippen LogP contribution in [0.5, 0.6) is 0 Å². The Bertz CT molecular complexity index is 1210. The Balaban J connectivity index is 1.74. The summed E-state index contributed by atoms with van der Waals surface area (Å²) in [6, 6.07) is 14.1. The highest BCUT2D eigenvalue weighted by Crippen LogP contribution is 2.40. The molecule has 0 fully saturated rings. The van der Waals surface area contributed by atoms with Crippen LogP contribution in [0, 0.1) is 6.92 Å². The molecule has 1 amide bonds. The molecule has 0 aliphatic carbocycles. The zero-order valence-electron chi connectivity index (χ0n) is 18.3. The molecule has 4 rings (SSSR count). The van der Waals surface area contributed by atoms with Crippen LogP contribution in [0.1, 0.15) is 34.1 Å². The lowest BCUT2D eigenvalue weighted by Crippen LogP contribution is -2.33. The van der Waals surface area contributed by atoms with Gasteiger partial charge in [0.25, 0.3) is 5.91 Å². The second-order valence-corrected chi connectivity index (χ2v) is 9.27. The van der Waals surface area contributed by atoms with Gasteiger partial charge in [0.05, 0.1) is 11.6 Å². The second-order valence-electron chi connectivity index (χ2n) is 8.35. The van der Waals surface area contributed by atoms with E-state index in [4.69, 9.17) is 4.42 Å². The highest BCUT2D eigenvalue weighted by atomic mass is 79.9. The molecule has 6 nitrogen and oxygen atoms in total. The fraction of sp³-hybridized carbons (Fsp3) is 0.280. The molecule has 166 valence electrons. The van der Waals surface area contributed by atoms with Crippen LogP contribution in [0.4, 0.5) is 0 Å². The molecule has 0 saturated carbocycles. The van der Waals surface area contributed by atoms with Crippen molar-refractivity contribution in [2.24, 2.45) is 0 Å². The Kier molecular flexibility index (Phi) is 6.22. The summed E-state index contributed by atoms with van der Waals surface area (Å²) in [4.78, 5) is 30.1. The highest BCUT2D eigenvalue weighted by Gasteiger charge is 2.44. The number of aryl methyl sites for hydroxylation is 1. The maximum Gasteiger partial charge on any atom is 0.290 e. The van der Waals surface area contributed by atoms with Gasteiger partial charge in [-0.15, -0.1) is 0 Å². The monoisotopic (exact) mass is 496 g/mol. The van der Waals surface area contributed by atoms with Crippen LogP contribution in [0.2, 0.25) is 0 Å². The number of amides is 1. The average Bonchev–Trinajstić information content (AvgIpc) is 3.27. The van der Waals surface area contributed by atoms with Crippen LogP contribution in [0.15, 0.2) is 68.8 Å². The normalized spacial score (nSPS) is 16.6. The minimum atomic E-state index is -0.680. The Hall–Kier alpha value is -2.90. The van der Waals surface area contributed by atoms with Crippen LogP contribution in [-0.4, -0.2) is 53.8 Å². The summed E-state index contributed by atoms with van der Waals surface area (Å²) in [5.41, 5.74) is 2.45. The van der Waals surface area contributed by atoms with Crippen LogP contribution in [0.3, 0.4) is 0 Å². The minimum absolute atomic E-state index is 0.0537. The summed E-state index contributed by atoms with van der Waals surface area (Å²) in [6.07, 6.45) is 0.713. The highest BCUT2D eigenvalue weighted by molar-refractivity contribution is 9.10. The number of furan rings is 1. The van der Waals surface area contributed by atoms with Crippen molar-refractivity contribution in [1.29, 1.82) is 0 Å². The van der Waals surface area contributed by atoms with E-state index in [1.165, 1.54) is 0 Å². The summed E-state index contributed by atoms with van der Waals surface area (Å²) in [5.74, 6) is -1.42. The van der Waals surface area contributed by atoms with Crippen molar-refractivity contribution in [2.45, 2.75) is 19.4 Å². The Labute approximate surface area is 195 Å². The number of hydrogen-bond acceptors (Lipinski definition) is 5. The predicted molar refractivity (Wildman–Crippen MR) is 127 cm³/mol. The number of halogens is 1. The van der Waals surface area contributed by atoms with Gasteiger partial charge in [0, 0.05) is 16.4 Å². The van der Waals surface area contributed by atoms with Gasteiger partial charge in [-0.1, -0.05) is 39.7 Å². The Morgan fingerprint density at radius 1 is 1.16 bits per heavy atom. The van der Waals surface area contributed by atoms with Gasteiger partial charge in [0.15, 0.2) is 11.5 Å². The van der Waals surface area contributed by atoms with E-state index in [9.17, 15) is 14.7 Å². The van der Waals surface area contributed by atoms with Gasteiger partial charge in [-0.2, -0.15) is 0 Å². The van der Waals surface area contributed by atoms with Gasteiger partial charge in [0.1, 0.15) is 5.58 Å². The van der Waals surface area contributed by atoms with Crippen molar-refractivity contribution in [3.05, 3.63) is 81.2 Å². The zero-order chi connectivity index (χ0) is 23.0. The first-order chi connectivity index (χ1) is 15.3. The molecule has 1 aliphatic rings. The number of hydrogen-bond donors (Lipinski definition) is 1. The van der Waals surface area contributed by atoms with Crippen LogP contribution in [-0.2, 0) is 4.79 Å². The molecule has 1 aromatic heterocycles. The molecule has 1 atom stereocenters. The molecule has 1 aliphatic heterocycles. The van der Waals surface area contributed by atoms with Crippen molar-refractivity contribution in [2.75, 3.05) is 27.2 Å². The molecule has 32 heavy (non-hydrogen) atoms. The first-order valence-electron chi connectivity index (χ1n) is 10.5.